The molecule has 108 valence electrons. The molecule has 23 heavy (non-hydrogen) atoms. The van der Waals surface area contributed by atoms with Crippen LogP contribution in [0.4, 0.5) is 0 Å². The fourth-order valence-corrected chi connectivity index (χ4v) is 3.59. The van der Waals surface area contributed by atoms with Crippen molar-refractivity contribution in [2.24, 2.45) is 0 Å². The highest BCUT2D eigenvalue weighted by Gasteiger charge is 2.24. The zero-order valence-electron chi connectivity index (χ0n) is 12.5. The molecule has 0 spiro atoms. The zero-order valence-corrected chi connectivity index (χ0v) is 12.5. The second kappa shape index (κ2) is 4.75. The molecular weight excluding hydrogens is 280 g/mol. The molecule has 5 rings (SSSR count). The summed E-state index contributed by atoms with van der Waals surface area (Å²) in [7, 11) is 0. The number of rotatable bonds is 1. The molecule has 2 heteroatoms. The van der Waals surface area contributed by atoms with E-state index in [-0.39, 0.29) is 0 Å². The van der Waals surface area contributed by atoms with Gasteiger partial charge in [-0.1, -0.05) is 42.5 Å². The van der Waals surface area contributed by atoms with E-state index in [2.05, 4.69) is 53.5 Å². The Bertz CT molecular complexity index is 1040. The van der Waals surface area contributed by atoms with Gasteiger partial charge in [0.1, 0.15) is 0 Å². The van der Waals surface area contributed by atoms with Crippen LogP contribution in [0.15, 0.2) is 73.1 Å². The number of hydrogen-bond acceptors (Lipinski definition) is 2. The van der Waals surface area contributed by atoms with Crippen molar-refractivity contribution in [2.75, 3.05) is 0 Å². The van der Waals surface area contributed by atoms with Gasteiger partial charge in [0.2, 0.25) is 0 Å². The van der Waals surface area contributed by atoms with Gasteiger partial charge in [0, 0.05) is 29.8 Å². The summed E-state index contributed by atoms with van der Waals surface area (Å²) in [6.07, 6.45) is 4.61. The Balaban J connectivity index is 1.92. The minimum Gasteiger partial charge on any atom is -0.265 e. The quantitative estimate of drug-likeness (QED) is 0.441. The Morgan fingerprint density at radius 1 is 0.783 bits per heavy atom. The van der Waals surface area contributed by atoms with E-state index < -0.39 is 0 Å². The van der Waals surface area contributed by atoms with E-state index >= 15 is 0 Å². The molecule has 2 nitrogen and oxygen atoms in total. The van der Waals surface area contributed by atoms with Crippen molar-refractivity contribution in [1.29, 1.82) is 0 Å². The van der Waals surface area contributed by atoms with Crippen LogP contribution in [0.25, 0.3) is 33.3 Å². The normalized spacial score (nSPS) is 12.2. The van der Waals surface area contributed by atoms with E-state index in [1.54, 1.807) is 0 Å². The highest BCUT2D eigenvalue weighted by Crippen LogP contribution is 2.44. The number of benzene rings is 2. The van der Waals surface area contributed by atoms with Crippen molar-refractivity contribution >= 4 is 10.9 Å². The maximum absolute atomic E-state index is 4.97. The van der Waals surface area contributed by atoms with Gasteiger partial charge in [0.05, 0.1) is 11.2 Å². The Hall–Kier alpha value is -3.00. The first-order valence-electron chi connectivity index (χ1n) is 7.82. The number of aromatic nitrogens is 2. The van der Waals surface area contributed by atoms with Crippen LogP contribution in [-0.2, 0) is 6.42 Å². The Labute approximate surface area is 134 Å². The molecule has 0 unspecified atom stereocenters. The third kappa shape index (κ3) is 1.82. The number of para-hydroxylation sites is 1. The molecule has 4 aromatic rings. The Morgan fingerprint density at radius 3 is 2.48 bits per heavy atom. The molecule has 0 saturated heterocycles. The molecule has 1 aliphatic carbocycles. The van der Waals surface area contributed by atoms with Gasteiger partial charge in [0.25, 0.3) is 0 Å². The highest BCUT2D eigenvalue weighted by molar-refractivity contribution is 6.02. The lowest BCUT2D eigenvalue weighted by Gasteiger charge is -2.12. The van der Waals surface area contributed by atoms with E-state index in [9.17, 15) is 0 Å². The Morgan fingerprint density at radius 2 is 1.57 bits per heavy atom. The smallest absolute Gasteiger partial charge is 0.0752 e. The lowest BCUT2D eigenvalue weighted by atomic mass is 9.97. The fourth-order valence-electron chi connectivity index (χ4n) is 3.59. The van der Waals surface area contributed by atoms with Gasteiger partial charge in [-0.15, -0.1) is 0 Å². The summed E-state index contributed by atoms with van der Waals surface area (Å²) in [5.74, 6) is 0. The van der Waals surface area contributed by atoms with E-state index in [0.29, 0.717) is 0 Å². The van der Waals surface area contributed by atoms with Crippen molar-refractivity contribution in [3.8, 4) is 22.4 Å². The van der Waals surface area contributed by atoms with Crippen LogP contribution < -0.4 is 0 Å². The summed E-state index contributed by atoms with van der Waals surface area (Å²) >= 11 is 0. The molecule has 2 aromatic carbocycles. The number of pyridine rings is 2. The summed E-state index contributed by atoms with van der Waals surface area (Å²) < 4.78 is 0. The molecule has 0 amide bonds. The largest absolute Gasteiger partial charge is 0.265 e. The van der Waals surface area contributed by atoms with Crippen LogP contribution in [0.3, 0.4) is 0 Å². The second-order valence-corrected chi connectivity index (χ2v) is 5.90. The highest BCUT2D eigenvalue weighted by atomic mass is 14.7. The maximum atomic E-state index is 4.97. The van der Waals surface area contributed by atoms with Crippen LogP contribution in [0.5, 0.6) is 0 Å². The standard InChI is InChI=1S/C21H14N2/c1-2-6-16-15(5-1)13-18-20(16)17-7-3-4-8-19(17)23-21(18)14-9-11-22-12-10-14/h1-12H,13H2. The lowest BCUT2D eigenvalue weighted by molar-refractivity contribution is 1.22. The predicted octanol–water partition coefficient (Wildman–Crippen LogP) is 4.87. The topological polar surface area (TPSA) is 25.8 Å². The van der Waals surface area contributed by atoms with Crippen LogP contribution in [0, 0.1) is 0 Å². The van der Waals surface area contributed by atoms with Crippen LogP contribution >= 0.6 is 0 Å². The van der Waals surface area contributed by atoms with Crippen molar-refractivity contribution < 1.29 is 0 Å². The van der Waals surface area contributed by atoms with Crippen molar-refractivity contribution in [1.82, 2.24) is 9.97 Å². The third-order valence-electron chi connectivity index (χ3n) is 4.60. The molecule has 0 aliphatic heterocycles. The molecule has 2 aromatic heterocycles. The maximum Gasteiger partial charge on any atom is 0.0752 e. The third-order valence-corrected chi connectivity index (χ3v) is 4.60. The van der Waals surface area contributed by atoms with Crippen molar-refractivity contribution in [3.63, 3.8) is 0 Å². The van der Waals surface area contributed by atoms with E-state index in [1.807, 2.05) is 24.5 Å². The van der Waals surface area contributed by atoms with Gasteiger partial charge in [0.15, 0.2) is 0 Å². The van der Waals surface area contributed by atoms with Crippen molar-refractivity contribution in [2.45, 2.75) is 6.42 Å². The molecule has 1 aliphatic rings. The molecule has 2 heterocycles. The van der Waals surface area contributed by atoms with Gasteiger partial charge in [-0.05, 0) is 40.5 Å². The lowest BCUT2D eigenvalue weighted by Crippen LogP contribution is -1.94. The van der Waals surface area contributed by atoms with Gasteiger partial charge < -0.3 is 0 Å². The van der Waals surface area contributed by atoms with Gasteiger partial charge >= 0.3 is 0 Å². The fraction of sp³-hybridized carbons (Fsp3) is 0.0476. The first-order chi connectivity index (χ1) is 11.4. The SMILES string of the molecule is c1ccc2c(c1)Cc1c(-c3ccncc3)nc3ccccc3c1-2. The first kappa shape index (κ1) is 12.5. The Kier molecular flexibility index (Phi) is 2.59. The predicted molar refractivity (Wildman–Crippen MR) is 93.2 cm³/mol. The molecule has 0 atom stereocenters. The molecule has 0 N–H and O–H groups in total. The van der Waals surface area contributed by atoms with Crippen LogP contribution in [0.1, 0.15) is 11.1 Å². The molecule has 0 radical (unpaired) electrons. The summed E-state index contributed by atoms with van der Waals surface area (Å²) in [5.41, 5.74) is 8.67. The molecule has 0 saturated carbocycles. The summed E-state index contributed by atoms with van der Waals surface area (Å²) in [6, 6.07) is 21.2. The minimum absolute atomic E-state index is 0.945. The molecule has 0 bridgehead atoms. The summed E-state index contributed by atoms with van der Waals surface area (Å²) in [5, 5.41) is 1.24. The molecule has 0 fully saturated rings. The number of hydrogen-bond donors (Lipinski definition) is 0. The van der Waals surface area contributed by atoms with Crippen LogP contribution in [0.2, 0.25) is 0 Å². The molecular formula is C21H14N2. The summed E-state index contributed by atoms with van der Waals surface area (Å²) in [4.78, 5) is 9.11. The van der Waals surface area contributed by atoms with Crippen LogP contribution in [-0.4, -0.2) is 9.97 Å². The van der Waals surface area contributed by atoms with E-state index in [4.69, 9.17) is 4.98 Å². The monoisotopic (exact) mass is 294 g/mol. The summed E-state index contributed by atoms with van der Waals surface area (Å²) in [6.45, 7) is 0. The average molecular weight is 294 g/mol. The zero-order chi connectivity index (χ0) is 15.2. The minimum atomic E-state index is 0.945. The second-order valence-electron chi connectivity index (χ2n) is 5.90. The van der Waals surface area contributed by atoms with E-state index in [1.165, 1.54) is 27.6 Å². The van der Waals surface area contributed by atoms with E-state index in [0.717, 1.165) is 23.2 Å². The van der Waals surface area contributed by atoms with Gasteiger partial charge in [-0.2, -0.15) is 0 Å². The van der Waals surface area contributed by atoms with Gasteiger partial charge in [-0.3, -0.25) is 4.98 Å². The number of fused-ring (bicyclic) bond motifs is 5. The van der Waals surface area contributed by atoms with Gasteiger partial charge in [-0.25, -0.2) is 4.98 Å². The first-order valence-corrected chi connectivity index (χ1v) is 7.82. The van der Waals surface area contributed by atoms with Crippen molar-refractivity contribution in [3.05, 3.63) is 84.2 Å². The number of nitrogens with zero attached hydrogens (tertiary/aromatic N) is 2. The average Bonchev–Trinajstić information content (AvgIpc) is 3.01.